The average molecular weight is 256 g/mol. The third-order valence-corrected chi connectivity index (χ3v) is 3.63. The molecule has 3 atom stereocenters. The summed E-state index contributed by atoms with van der Waals surface area (Å²) < 4.78 is 5.27. The van der Waals surface area contributed by atoms with Gasteiger partial charge in [-0.25, -0.2) is 0 Å². The molecule has 18 heavy (non-hydrogen) atoms. The predicted molar refractivity (Wildman–Crippen MR) is 73.6 cm³/mol. The molecular formula is C14H28N2O2. The normalized spacial score (nSPS) is 25.1. The van der Waals surface area contributed by atoms with E-state index in [4.69, 9.17) is 4.74 Å². The first kappa shape index (κ1) is 15.4. The van der Waals surface area contributed by atoms with Gasteiger partial charge in [0.2, 0.25) is 5.91 Å². The van der Waals surface area contributed by atoms with Gasteiger partial charge in [-0.15, -0.1) is 0 Å². The molecule has 4 nitrogen and oxygen atoms in total. The van der Waals surface area contributed by atoms with Crippen LogP contribution in [0.5, 0.6) is 0 Å². The molecule has 1 fully saturated rings. The van der Waals surface area contributed by atoms with Gasteiger partial charge in [-0.1, -0.05) is 33.1 Å². The fourth-order valence-electron chi connectivity index (χ4n) is 2.47. The van der Waals surface area contributed by atoms with E-state index in [2.05, 4.69) is 24.5 Å². The van der Waals surface area contributed by atoms with Crippen LogP contribution in [0, 0.1) is 0 Å². The molecule has 1 aliphatic rings. The van der Waals surface area contributed by atoms with Crippen molar-refractivity contribution in [3.8, 4) is 0 Å². The van der Waals surface area contributed by atoms with Gasteiger partial charge in [-0.2, -0.15) is 0 Å². The van der Waals surface area contributed by atoms with Gasteiger partial charge in [-0.05, 0) is 19.3 Å². The molecule has 1 saturated heterocycles. The third-order valence-electron chi connectivity index (χ3n) is 3.63. The second-order valence-electron chi connectivity index (χ2n) is 5.19. The highest BCUT2D eigenvalue weighted by molar-refractivity contribution is 5.82. The highest BCUT2D eigenvalue weighted by Crippen LogP contribution is 2.12. The summed E-state index contributed by atoms with van der Waals surface area (Å²) in [6, 6.07) is 0.266. The molecule has 4 heteroatoms. The van der Waals surface area contributed by atoms with Crippen LogP contribution in [0.2, 0.25) is 0 Å². The molecule has 1 rings (SSSR count). The molecule has 0 bridgehead atoms. The van der Waals surface area contributed by atoms with Gasteiger partial charge < -0.3 is 15.4 Å². The molecule has 0 aromatic rings. The molecule has 2 N–H and O–H groups in total. The van der Waals surface area contributed by atoms with Crippen LogP contribution in [0.3, 0.4) is 0 Å². The van der Waals surface area contributed by atoms with Crippen molar-refractivity contribution in [3.05, 3.63) is 0 Å². The van der Waals surface area contributed by atoms with Crippen LogP contribution in [-0.2, 0) is 9.53 Å². The Morgan fingerprint density at radius 3 is 2.72 bits per heavy atom. The van der Waals surface area contributed by atoms with Gasteiger partial charge in [0, 0.05) is 19.7 Å². The molecule has 1 heterocycles. The summed E-state index contributed by atoms with van der Waals surface area (Å²) in [6.07, 6.45) is 6.62. The zero-order valence-electron chi connectivity index (χ0n) is 12.0. The lowest BCUT2D eigenvalue weighted by molar-refractivity contribution is -0.123. The number of hydrogen-bond donors (Lipinski definition) is 2. The van der Waals surface area contributed by atoms with Crippen LogP contribution in [-0.4, -0.2) is 37.7 Å². The van der Waals surface area contributed by atoms with Crippen molar-refractivity contribution >= 4 is 5.91 Å². The molecule has 0 aliphatic carbocycles. The Hall–Kier alpha value is -0.610. The minimum atomic E-state index is -0.0732. The lowest BCUT2D eigenvalue weighted by Gasteiger charge is -2.20. The van der Waals surface area contributed by atoms with Crippen molar-refractivity contribution in [1.29, 1.82) is 0 Å². The van der Waals surface area contributed by atoms with E-state index >= 15 is 0 Å². The highest BCUT2D eigenvalue weighted by atomic mass is 16.5. The summed E-state index contributed by atoms with van der Waals surface area (Å²) in [7, 11) is 1.70. The second kappa shape index (κ2) is 8.48. The Balaban J connectivity index is 2.35. The van der Waals surface area contributed by atoms with Gasteiger partial charge in [0.05, 0.1) is 12.1 Å². The maximum Gasteiger partial charge on any atom is 0.237 e. The second-order valence-corrected chi connectivity index (χ2v) is 5.19. The first-order valence-corrected chi connectivity index (χ1v) is 7.27. The number of carbonyl (C=O) groups is 1. The predicted octanol–water partition coefficient (Wildman–Crippen LogP) is 1.84. The monoisotopic (exact) mass is 256 g/mol. The summed E-state index contributed by atoms with van der Waals surface area (Å²) >= 11 is 0. The molecule has 0 saturated carbocycles. The molecular weight excluding hydrogens is 228 g/mol. The van der Waals surface area contributed by atoms with Crippen molar-refractivity contribution in [2.24, 2.45) is 0 Å². The van der Waals surface area contributed by atoms with Gasteiger partial charge in [0.1, 0.15) is 0 Å². The maximum absolute atomic E-state index is 12.1. The van der Waals surface area contributed by atoms with E-state index in [0.717, 1.165) is 32.2 Å². The van der Waals surface area contributed by atoms with Crippen molar-refractivity contribution in [2.45, 2.75) is 70.6 Å². The zero-order chi connectivity index (χ0) is 13.4. The molecule has 1 amide bonds. The standard InChI is InChI=1S/C14H28N2O2/c1-4-6-8-11(7-5-2)16-14(17)13-9-12(18-3)10-15-13/h11-13,15H,4-10H2,1-3H3,(H,16,17). The van der Waals surface area contributed by atoms with E-state index in [0.29, 0.717) is 6.04 Å². The van der Waals surface area contributed by atoms with E-state index in [1.165, 1.54) is 12.8 Å². The van der Waals surface area contributed by atoms with E-state index in [-0.39, 0.29) is 18.1 Å². The summed E-state index contributed by atoms with van der Waals surface area (Å²) in [6.45, 7) is 5.13. The van der Waals surface area contributed by atoms with E-state index in [9.17, 15) is 4.79 Å². The van der Waals surface area contributed by atoms with Gasteiger partial charge in [0.15, 0.2) is 0 Å². The van der Waals surface area contributed by atoms with Crippen LogP contribution in [0.25, 0.3) is 0 Å². The van der Waals surface area contributed by atoms with Crippen molar-refractivity contribution in [1.82, 2.24) is 10.6 Å². The Labute approximate surface area is 111 Å². The molecule has 0 radical (unpaired) electrons. The van der Waals surface area contributed by atoms with Crippen LogP contribution < -0.4 is 10.6 Å². The number of amides is 1. The molecule has 3 unspecified atom stereocenters. The van der Waals surface area contributed by atoms with Crippen molar-refractivity contribution in [2.75, 3.05) is 13.7 Å². The van der Waals surface area contributed by atoms with Crippen LogP contribution in [0.15, 0.2) is 0 Å². The number of hydrogen-bond acceptors (Lipinski definition) is 3. The zero-order valence-corrected chi connectivity index (χ0v) is 12.0. The Morgan fingerprint density at radius 2 is 2.17 bits per heavy atom. The Morgan fingerprint density at radius 1 is 1.39 bits per heavy atom. The third kappa shape index (κ3) is 4.94. The number of methoxy groups -OCH3 is 1. The summed E-state index contributed by atoms with van der Waals surface area (Å²) in [5, 5.41) is 6.41. The van der Waals surface area contributed by atoms with Gasteiger partial charge >= 0.3 is 0 Å². The van der Waals surface area contributed by atoms with Crippen LogP contribution in [0.1, 0.15) is 52.4 Å². The maximum atomic E-state index is 12.1. The molecule has 0 aromatic carbocycles. The van der Waals surface area contributed by atoms with E-state index in [1.54, 1.807) is 7.11 Å². The first-order valence-electron chi connectivity index (χ1n) is 7.27. The average Bonchev–Trinajstić information content (AvgIpc) is 2.85. The summed E-state index contributed by atoms with van der Waals surface area (Å²) in [5.41, 5.74) is 0. The number of ether oxygens (including phenoxy) is 1. The van der Waals surface area contributed by atoms with E-state index in [1.807, 2.05) is 0 Å². The fourth-order valence-corrected chi connectivity index (χ4v) is 2.47. The first-order chi connectivity index (χ1) is 8.71. The van der Waals surface area contributed by atoms with Crippen LogP contribution >= 0.6 is 0 Å². The number of rotatable bonds is 8. The summed E-state index contributed by atoms with van der Waals surface area (Å²) in [5.74, 6) is 0.143. The van der Waals surface area contributed by atoms with Crippen LogP contribution in [0.4, 0.5) is 0 Å². The van der Waals surface area contributed by atoms with Crippen molar-refractivity contribution < 1.29 is 9.53 Å². The molecule has 106 valence electrons. The fraction of sp³-hybridized carbons (Fsp3) is 0.929. The minimum absolute atomic E-state index is 0.0732. The number of carbonyl (C=O) groups excluding carboxylic acids is 1. The number of nitrogens with one attached hydrogen (secondary N) is 2. The topological polar surface area (TPSA) is 50.4 Å². The number of unbranched alkanes of at least 4 members (excludes halogenated alkanes) is 1. The van der Waals surface area contributed by atoms with E-state index < -0.39 is 0 Å². The largest absolute Gasteiger partial charge is 0.380 e. The Bertz CT molecular complexity index is 246. The van der Waals surface area contributed by atoms with Crippen molar-refractivity contribution in [3.63, 3.8) is 0 Å². The Kier molecular flexibility index (Phi) is 7.28. The molecule has 0 aromatic heterocycles. The quantitative estimate of drug-likeness (QED) is 0.696. The smallest absolute Gasteiger partial charge is 0.237 e. The highest BCUT2D eigenvalue weighted by Gasteiger charge is 2.30. The lowest BCUT2D eigenvalue weighted by Crippen LogP contribution is -2.45. The minimum Gasteiger partial charge on any atom is -0.380 e. The molecule has 0 spiro atoms. The lowest BCUT2D eigenvalue weighted by atomic mass is 10.0. The molecule has 1 aliphatic heterocycles. The SMILES string of the molecule is CCCCC(CCC)NC(=O)C1CC(OC)CN1. The van der Waals surface area contributed by atoms with Gasteiger partial charge in [-0.3, -0.25) is 4.79 Å². The van der Waals surface area contributed by atoms with Gasteiger partial charge in [0.25, 0.3) is 0 Å². The summed E-state index contributed by atoms with van der Waals surface area (Å²) in [4.78, 5) is 12.1.